The molecule has 3 aromatic rings. The molecule has 0 radical (unpaired) electrons. The van der Waals surface area contributed by atoms with Crippen LogP contribution in [0.1, 0.15) is 61.7 Å². The molecule has 2 aliphatic heterocycles. The molecule has 5 nitrogen and oxygen atoms in total. The van der Waals surface area contributed by atoms with E-state index in [0.717, 1.165) is 71.1 Å². The van der Waals surface area contributed by atoms with Crippen molar-refractivity contribution >= 4 is 17.3 Å². The zero-order valence-corrected chi connectivity index (χ0v) is 21.4. The van der Waals surface area contributed by atoms with Crippen molar-refractivity contribution in [1.82, 2.24) is 4.48 Å². The Morgan fingerprint density at radius 2 is 1.40 bits per heavy atom. The van der Waals surface area contributed by atoms with Crippen LogP contribution in [0.3, 0.4) is 0 Å². The van der Waals surface area contributed by atoms with E-state index in [1.54, 1.807) is 0 Å². The van der Waals surface area contributed by atoms with Gasteiger partial charge in [-0.3, -0.25) is 4.48 Å². The molecule has 1 atom stereocenters. The number of ether oxygens (including phenoxy) is 2. The van der Waals surface area contributed by atoms with Crippen LogP contribution in [-0.4, -0.2) is 38.7 Å². The van der Waals surface area contributed by atoms with Crippen LogP contribution >= 0.6 is 0 Å². The SMILES string of the molecule is CCN(CC)c1ccc2c(c1)Oc1cc([N+](CC)(CC)CC)ccc1C21OC(=O)c2ccccc21. The van der Waals surface area contributed by atoms with Crippen molar-refractivity contribution in [3.05, 3.63) is 82.9 Å². The molecule has 0 aliphatic carbocycles. The summed E-state index contributed by atoms with van der Waals surface area (Å²) < 4.78 is 13.8. The van der Waals surface area contributed by atoms with E-state index in [1.165, 1.54) is 5.69 Å². The maximum atomic E-state index is 13.1. The maximum absolute atomic E-state index is 13.1. The van der Waals surface area contributed by atoms with Crippen molar-refractivity contribution in [3.63, 3.8) is 0 Å². The number of benzene rings is 3. The van der Waals surface area contributed by atoms with Crippen LogP contribution in [0.5, 0.6) is 11.5 Å². The second-order valence-electron chi connectivity index (χ2n) is 9.35. The van der Waals surface area contributed by atoms with Gasteiger partial charge in [0.05, 0.1) is 25.2 Å². The molecular formula is C30H35N2O3+. The summed E-state index contributed by atoms with van der Waals surface area (Å²) in [4.78, 5) is 15.4. The summed E-state index contributed by atoms with van der Waals surface area (Å²) in [6.45, 7) is 15.8. The number of quaternary nitrogens is 1. The van der Waals surface area contributed by atoms with E-state index in [0.29, 0.717) is 5.56 Å². The first kappa shape index (κ1) is 23.4. The third kappa shape index (κ3) is 3.29. The summed E-state index contributed by atoms with van der Waals surface area (Å²) in [6, 6.07) is 20.5. The van der Waals surface area contributed by atoms with E-state index >= 15 is 0 Å². The fraction of sp³-hybridized carbons (Fsp3) is 0.367. The second kappa shape index (κ2) is 8.72. The zero-order valence-electron chi connectivity index (χ0n) is 21.4. The van der Waals surface area contributed by atoms with Gasteiger partial charge in [0, 0.05) is 47.6 Å². The van der Waals surface area contributed by atoms with Gasteiger partial charge in [-0.2, -0.15) is 0 Å². The summed E-state index contributed by atoms with van der Waals surface area (Å²) in [6.07, 6.45) is 0. The average Bonchev–Trinajstić information content (AvgIpc) is 3.19. The third-order valence-corrected chi connectivity index (χ3v) is 8.17. The van der Waals surface area contributed by atoms with Crippen molar-refractivity contribution in [3.8, 4) is 11.5 Å². The van der Waals surface area contributed by atoms with Crippen LogP contribution in [-0.2, 0) is 10.3 Å². The van der Waals surface area contributed by atoms with E-state index in [-0.39, 0.29) is 5.97 Å². The molecular weight excluding hydrogens is 436 g/mol. The standard InChI is InChI=1S/C30H35N2O3/c1-6-31(7-2)21-15-17-25-27(19-21)34-28-20-22(32(8-3,9-4)10-5)16-18-26(28)30(25)24-14-12-11-13-23(24)29(33)35-30/h11-20H,6-10H2,1-5H3/q+1. The molecule has 1 spiro atoms. The molecule has 2 aliphatic rings. The number of nitrogens with zero attached hydrogens (tertiary/aromatic N) is 2. The fourth-order valence-electron chi connectivity index (χ4n) is 5.95. The summed E-state index contributed by atoms with van der Waals surface area (Å²) in [5.41, 5.74) is 4.54. The molecule has 5 heteroatoms. The highest BCUT2D eigenvalue weighted by atomic mass is 16.6. The Kier molecular flexibility index (Phi) is 5.84. The Balaban J connectivity index is 1.77. The highest BCUT2D eigenvalue weighted by Gasteiger charge is 2.53. The van der Waals surface area contributed by atoms with E-state index < -0.39 is 5.60 Å². The maximum Gasteiger partial charge on any atom is 0.340 e. The molecule has 1 unspecified atom stereocenters. The summed E-state index contributed by atoms with van der Waals surface area (Å²) >= 11 is 0. The normalized spacial score (nSPS) is 17.9. The minimum Gasteiger partial charge on any atom is -0.456 e. The van der Waals surface area contributed by atoms with Crippen molar-refractivity contribution in [2.24, 2.45) is 0 Å². The zero-order chi connectivity index (χ0) is 24.8. The highest BCUT2D eigenvalue weighted by Crippen LogP contribution is 2.57. The first-order chi connectivity index (χ1) is 17.0. The minimum absolute atomic E-state index is 0.294. The molecule has 0 fully saturated rings. The van der Waals surface area contributed by atoms with Crippen LogP contribution in [0.2, 0.25) is 0 Å². The molecule has 0 saturated heterocycles. The van der Waals surface area contributed by atoms with Gasteiger partial charge in [-0.05, 0) is 65.0 Å². The lowest BCUT2D eigenvalue weighted by Crippen LogP contribution is -2.48. The largest absolute Gasteiger partial charge is 0.456 e. The summed E-state index contributed by atoms with van der Waals surface area (Å²) in [5.74, 6) is 1.21. The second-order valence-corrected chi connectivity index (χ2v) is 9.35. The van der Waals surface area contributed by atoms with Gasteiger partial charge in [0.15, 0.2) is 5.60 Å². The number of carbonyl (C=O) groups excluding carboxylic acids is 1. The van der Waals surface area contributed by atoms with Crippen molar-refractivity contribution in [2.45, 2.75) is 40.2 Å². The van der Waals surface area contributed by atoms with Gasteiger partial charge < -0.3 is 14.4 Å². The quantitative estimate of drug-likeness (QED) is 0.292. The van der Waals surface area contributed by atoms with Crippen LogP contribution < -0.4 is 14.1 Å². The topological polar surface area (TPSA) is 38.8 Å². The molecule has 0 saturated carbocycles. The number of hydrogen-bond acceptors (Lipinski definition) is 4. The lowest BCUT2D eigenvalue weighted by molar-refractivity contribution is 0.0224. The average molecular weight is 472 g/mol. The van der Waals surface area contributed by atoms with E-state index in [2.05, 4.69) is 75.9 Å². The Morgan fingerprint density at radius 1 is 0.771 bits per heavy atom. The van der Waals surface area contributed by atoms with E-state index in [4.69, 9.17) is 9.47 Å². The van der Waals surface area contributed by atoms with Crippen molar-refractivity contribution < 1.29 is 14.3 Å². The van der Waals surface area contributed by atoms with Gasteiger partial charge >= 0.3 is 5.97 Å². The van der Waals surface area contributed by atoms with Gasteiger partial charge in [0.2, 0.25) is 0 Å². The molecule has 0 aromatic heterocycles. The van der Waals surface area contributed by atoms with Crippen LogP contribution in [0.25, 0.3) is 0 Å². The molecule has 0 amide bonds. The molecule has 5 rings (SSSR count). The molecule has 0 N–H and O–H groups in total. The van der Waals surface area contributed by atoms with Gasteiger partial charge in [-0.1, -0.05) is 18.2 Å². The van der Waals surface area contributed by atoms with Gasteiger partial charge in [-0.25, -0.2) is 4.79 Å². The fourth-order valence-corrected chi connectivity index (χ4v) is 5.95. The molecule has 35 heavy (non-hydrogen) atoms. The van der Waals surface area contributed by atoms with Gasteiger partial charge in [0.25, 0.3) is 0 Å². The Morgan fingerprint density at radius 3 is 2.06 bits per heavy atom. The number of esters is 1. The summed E-state index contributed by atoms with van der Waals surface area (Å²) in [7, 11) is 0. The predicted molar refractivity (Wildman–Crippen MR) is 142 cm³/mol. The number of carbonyl (C=O) groups is 1. The number of fused-ring (bicyclic) bond motifs is 6. The molecule has 0 bridgehead atoms. The van der Waals surface area contributed by atoms with Crippen molar-refractivity contribution in [2.75, 3.05) is 37.6 Å². The summed E-state index contributed by atoms with van der Waals surface area (Å²) in [5, 5.41) is 0. The van der Waals surface area contributed by atoms with Crippen LogP contribution in [0, 0.1) is 0 Å². The van der Waals surface area contributed by atoms with Gasteiger partial charge in [-0.15, -0.1) is 0 Å². The van der Waals surface area contributed by atoms with Crippen LogP contribution in [0.4, 0.5) is 11.4 Å². The number of hydrogen-bond donors (Lipinski definition) is 0. The lowest BCUT2D eigenvalue weighted by atomic mass is 9.77. The molecule has 3 aromatic carbocycles. The number of rotatable bonds is 7. The molecule has 2 heterocycles. The third-order valence-electron chi connectivity index (χ3n) is 8.17. The first-order valence-corrected chi connectivity index (χ1v) is 12.9. The Bertz CT molecular complexity index is 1270. The van der Waals surface area contributed by atoms with Crippen LogP contribution in [0.15, 0.2) is 60.7 Å². The van der Waals surface area contributed by atoms with Gasteiger partial charge in [0.1, 0.15) is 17.2 Å². The monoisotopic (exact) mass is 471 g/mol. The highest BCUT2D eigenvalue weighted by molar-refractivity contribution is 5.97. The Hall–Kier alpha value is -3.31. The predicted octanol–water partition coefficient (Wildman–Crippen LogP) is 6.47. The van der Waals surface area contributed by atoms with Crippen molar-refractivity contribution in [1.29, 1.82) is 0 Å². The van der Waals surface area contributed by atoms with E-state index in [9.17, 15) is 4.79 Å². The first-order valence-electron chi connectivity index (χ1n) is 12.9. The number of anilines is 1. The smallest absolute Gasteiger partial charge is 0.340 e. The lowest BCUT2D eigenvalue weighted by Gasteiger charge is -2.39. The Labute approximate surface area is 208 Å². The minimum atomic E-state index is -1.02. The molecule has 182 valence electrons. The van der Waals surface area contributed by atoms with E-state index in [1.807, 2.05) is 24.3 Å².